The fourth-order valence-electron chi connectivity index (χ4n) is 2.52. The molecule has 0 radical (unpaired) electrons. The van der Waals surface area contributed by atoms with Crippen LogP contribution in [0.5, 0.6) is 0 Å². The number of benzene rings is 1. The van der Waals surface area contributed by atoms with Crippen molar-refractivity contribution in [3.63, 3.8) is 0 Å². The summed E-state index contributed by atoms with van der Waals surface area (Å²) in [7, 11) is 0. The number of halogens is 1. The average Bonchev–Trinajstić information content (AvgIpc) is 2.74. The zero-order valence-corrected chi connectivity index (χ0v) is 15.1. The highest BCUT2D eigenvalue weighted by Crippen LogP contribution is 2.04. The molecule has 2 aromatic heterocycles. The zero-order chi connectivity index (χ0) is 19.8. The molecule has 1 aromatic carbocycles. The summed E-state index contributed by atoms with van der Waals surface area (Å²) < 4.78 is 12.9. The molecule has 2 heterocycles. The Morgan fingerprint density at radius 3 is 2.14 bits per heavy atom. The highest BCUT2D eigenvalue weighted by atomic mass is 19.1. The smallest absolute Gasteiger partial charge is 0.270 e. The van der Waals surface area contributed by atoms with E-state index in [1.165, 1.54) is 12.1 Å². The number of carbonyl (C=O) groups is 2. The highest BCUT2D eigenvalue weighted by Gasteiger charge is 2.12. The van der Waals surface area contributed by atoms with E-state index >= 15 is 0 Å². The largest absolute Gasteiger partial charge is 0.350 e. The number of rotatable bonds is 7. The van der Waals surface area contributed by atoms with Crippen molar-refractivity contribution in [3.8, 4) is 0 Å². The topological polar surface area (TPSA) is 84.0 Å². The van der Waals surface area contributed by atoms with E-state index in [2.05, 4.69) is 20.6 Å². The SMILES string of the molecule is O=C(NCCc1ccc(F)cc1)c1cccc(C(=O)NCc2ccncc2)n1. The number of pyridine rings is 2. The van der Waals surface area contributed by atoms with Crippen molar-refractivity contribution in [2.75, 3.05) is 6.54 Å². The third-order valence-electron chi connectivity index (χ3n) is 4.03. The number of hydrogen-bond acceptors (Lipinski definition) is 4. The molecule has 7 heteroatoms. The number of aromatic nitrogens is 2. The van der Waals surface area contributed by atoms with Crippen LogP contribution >= 0.6 is 0 Å². The maximum atomic E-state index is 12.9. The summed E-state index contributed by atoms with van der Waals surface area (Å²) in [4.78, 5) is 32.6. The Morgan fingerprint density at radius 2 is 1.46 bits per heavy atom. The van der Waals surface area contributed by atoms with Gasteiger partial charge < -0.3 is 10.6 Å². The standard InChI is InChI=1S/C21H19FN4O2/c22-17-6-4-15(5-7-17)10-13-24-20(27)18-2-1-3-19(26-18)21(28)25-14-16-8-11-23-12-9-16/h1-9,11-12H,10,13-14H2,(H,24,27)(H,25,28). The lowest BCUT2D eigenvalue weighted by Gasteiger charge is -2.07. The molecular weight excluding hydrogens is 359 g/mol. The normalized spacial score (nSPS) is 10.3. The first kappa shape index (κ1) is 19.2. The molecule has 0 unspecified atom stereocenters. The minimum atomic E-state index is -0.370. The summed E-state index contributed by atoms with van der Waals surface area (Å²) >= 11 is 0. The van der Waals surface area contributed by atoms with Gasteiger partial charge in [0.25, 0.3) is 11.8 Å². The maximum Gasteiger partial charge on any atom is 0.270 e. The van der Waals surface area contributed by atoms with Crippen molar-refractivity contribution in [2.45, 2.75) is 13.0 Å². The van der Waals surface area contributed by atoms with Crippen molar-refractivity contribution < 1.29 is 14.0 Å². The molecule has 142 valence electrons. The summed E-state index contributed by atoms with van der Waals surface area (Å²) in [5.74, 6) is -1.03. The van der Waals surface area contributed by atoms with E-state index in [0.29, 0.717) is 19.5 Å². The number of nitrogens with one attached hydrogen (secondary N) is 2. The zero-order valence-electron chi connectivity index (χ0n) is 15.1. The average molecular weight is 378 g/mol. The number of amides is 2. The Hall–Kier alpha value is -3.61. The van der Waals surface area contributed by atoms with Gasteiger partial charge in [0.2, 0.25) is 0 Å². The summed E-state index contributed by atoms with van der Waals surface area (Å²) in [6, 6.07) is 14.4. The quantitative estimate of drug-likeness (QED) is 0.662. The lowest BCUT2D eigenvalue weighted by Crippen LogP contribution is -2.28. The van der Waals surface area contributed by atoms with Gasteiger partial charge in [-0.2, -0.15) is 0 Å². The molecular formula is C21H19FN4O2. The molecule has 0 aliphatic heterocycles. The number of nitrogens with zero attached hydrogens (tertiary/aromatic N) is 2. The third kappa shape index (κ3) is 5.44. The Balaban J connectivity index is 1.53. The van der Waals surface area contributed by atoms with Crippen LogP contribution in [0.2, 0.25) is 0 Å². The van der Waals surface area contributed by atoms with E-state index in [1.54, 1.807) is 54.9 Å². The van der Waals surface area contributed by atoms with Crippen LogP contribution < -0.4 is 10.6 Å². The Morgan fingerprint density at radius 1 is 0.821 bits per heavy atom. The van der Waals surface area contributed by atoms with Crippen LogP contribution in [0.1, 0.15) is 32.1 Å². The molecule has 0 atom stereocenters. The Bertz CT molecular complexity index is 946. The molecule has 0 spiro atoms. The molecule has 0 aliphatic rings. The lowest BCUT2D eigenvalue weighted by atomic mass is 10.1. The van der Waals surface area contributed by atoms with Crippen LogP contribution in [0.3, 0.4) is 0 Å². The van der Waals surface area contributed by atoms with Gasteiger partial charge in [0, 0.05) is 25.5 Å². The molecule has 2 N–H and O–H groups in total. The fourth-order valence-corrected chi connectivity index (χ4v) is 2.52. The molecule has 2 amide bonds. The van der Waals surface area contributed by atoms with Crippen LogP contribution in [-0.2, 0) is 13.0 Å². The van der Waals surface area contributed by atoms with Crippen molar-refractivity contribution in [1.82, 2.24) is 20.6 Å². The molecule has 28 heavy (non-hydrogen) atoms. The second kappa shape index (κ2) is 9.36. The predicted octanol–water partition coefficient (Wildman–Crippen LogP) is 2.52. The van der Waals surface area contributed by atoms with Gasteiger partial charge in [-0.25, -0.2) is 9.37 Å². The molecule has 3 aromatic rings. The number of carbonyl (C=O) groups excluding carboxylic acids is 2. The van der Waals surface area contributed by atoms with Crippen LogP contribution in [0, 0.1) is 5.82 Å². The van der Waals surface area contributed by atoms with Crippen LogP contribution in [0.4, 0.5) is 4.39 Å². The van der Waals surface area contributed by atoms with Crippen molar-refractivity contribution in [2.24, 2.45) is 0 Å². The Labute approximate surface area is 161 Å². The molecule has 0 saturated carbocycles. The van der Waals surface area contributed by atoms with E-state index in [0.717, 1.165) is 11.1 Å². The second-order valence-electron chi connectivity index (χ2n) is 6.08. The summed E-state index contributed by atoms with van der Waals surface area (Å²) in [5, 5.41) is 5.51. The van der Waals surface area contributed by atoms with E-state index < -0.39 is 0 Å². The van der Waals surface area contributed by atoms with E-state index in [4.69, 9.17) is 0 Å². The van der Waals surface area contributed by atoms with Gasteiger partial charge >= 0.3 is 0 Å². The second-order valence-corrected chi connectivity index (χ2v) is 6.08. The monoisotopic (exact) mass is 378 g/mol. The molecule has 0 fully saturated rings. The molecule has 0 bridgehead atoms. The fraction of sp³-hybridized carbons (Fsp3) is 0.143. The molecule has 0 saturated heterocycles. The van der Waals surface area contributed by atoms with E-state index in [1.807, 2.05) is 0 Å². The first-order chi connectivity index (χ1) is 13.6. The maximum absolute atomic E-state index is 12.9. The first-order valence-corrected chi connectivity index (χ1v) is 8.78. The summed E-state index contributed by atoms with van der Waals surface area (Å²) in [6.07, 6.45) is 3.87. The van der Waals surface area contributed by atoms with Gasteiger partial charge in [-0.1, -0.05) is 18.2 Å². The third-order valence-corrected chi connectivity index (χ3v) is 4.03. The first-order valence-electron chi connectivity index (χ1n) is 8.78. The van der Waals surface area contributed by atoms with Crippen LogP contribution in [0.15, 0.2) is 67.0 Å². The lowest BCUT2D eigenvalue weighted by molar-refractivity contribution is 0.0943. The molecule has 0 aliphatic carbocycles. The van der Waals surface area contributed by atoms with Gasteiger partial charge in [0.15, 0.2) is 0 Å². The summed E-state index contributed by atoms with van der Waals surface area (Å²) in [5.41, 5.74) is 2.16. The van der Waals surface area contributed by atoms with Gasteiger partial charge in [0.05, 0.1) is 0 Å². The van der Waals surface area contributed by atoms with Gasteiger partial charge in [0.1, 0.15) is 17.2 Å². The minimum absolute atomic E-state index is 0.163. The minimum Gasteiger partial charge on any atom is -0.350 e. The number of hydrogen-bond donors (Lipinski definition) is 2. The predicted molar refractivity (Wildman–Crippen MR) is 102 cm³/mol. The van der Waals surface area contributed by atoms with Crippen LogP contribution in [-0.4, -0.2) is 28.3 Å². The van der Waals surface area contributed by atoms with Gasteiger partial charge in [-0.3, -0.25) is 14.6 Å². The van der Waals surface area contributed by atoms with Crippen molar-refractivity contribution in [1.29, 1.82) is 0 Å². The van der Waals surface area contributed by atoms with E-state index in [-0.39, 0.29) is 29.0 Å². The molecule has 3 rings (SSSR count). The van der Waals surface area contributed by atoms with E-state index in [9.17, 15) is 14.0 Å². The molecule has 6 nitrogen and oxygen atoms in total. The van der Waals surface area contributed by atoms with Gasteiger partial charge in [-0.15, -0.1) is 0 Å². The van der Waals surface area contributed by atoms with Gasteiger partial charge in [-0.05, 0) is 53.9 Å². The highest BCUT2D eigenvalue weighted by molar-refractivity contribution is 5.96. The van der Waals surface area contributed by atoms with Crippen molar-refractivity contribution in [3.05, 3.63) is 95.3 Å². The van der Waals surface area contributed by atoms with Crippen LogP contribution in [0.25, 0.3) is 0 Å². The van der Waals surface area contributed by atoms with Crippen molar-refractivity contribution >= 4 is 11.8 Å². The summed E-state index contributed by atoms with van der Waals surface area (Å²) in [6.45, 7) is 0.724. The Kier molecular flexibility index (Phi) is 6.41.